The Labute approximate surface area is 116 Å². The molecule has 2 aromatic rings. The Morgan fingerprint density at radius 3 is 2.58 bits per heavy atom. The number of hydrogen-bond acceptors (Lipinski definition) is 5. The molecule has 7 heteroatoms. The molecular weight excluding hydrogens is 288 g/mol. The highest BCUT2D eigenvalue weighted by atomic mass is 35.5. The van der Waals surface area contributed by atoms with Gasteiger partial charge in [0, 0.05) is 28.5 Å². The molecule has 1 aromatic carbocycles. The molecule has 0 aliphatic carbocycles. The number of nitrogens with zero attached hydrogens (tertiary/aromatic N) is 2. The highest BCUT2D eigenvalue weighted by molar-refractivity contribution is 7.87. The molecule has 0 bridgehead atoms. The Balaban J connectivity index is 2.64. The highest BCUT2D eigenvalue weighted by Crippen LogP contribution is 2.30. The van der Waals surface area contributed by atoms with Crippen molar-refractivity contribution in [1.82, 2.24) is 9.97 Å². The summed E-state index contributed by atoms with van der Waals surface area (Å²) in [4.78, 5) is 7.76. The van der Waals surface area contributed by atoms with E-state index >= 15 is 0 Å². The Morgan fingerprint density at radius 2 is 1.95 bits per heavy atom. The van der Waals surface area contributed by atoms with Crippen LogP contribution in [0, 0.1) is 0 Å². The molecule has 1 heterocycles. The molecule has 0 atom stereocenters. The van der Waals surface area contributed by atoms with Crippen LogP contribution in [-0.2, 0) is 14.3 Å². The van der Waals surface area contributed by atoms with E-state index in [1.165, 1.54) is 24.8 Å². The lowest BCUT2D eigenvalue weighted by molar-refractivity contribution is 0.338. The van der Waals surface area contributed by atoms with Crippen LogP contribution in [0.5, 0.6) is 0 Å². The predicted molar refractivity (Wildman–Crippen MR) is 71.3 cm³/mol. The maximum atomic E-state index is 12.1. The van der Waals surface area contributed by atoms with Gasteiger partial charge in [0.2, 0.25) is 0 Å². The average Bonchev–Trinajstić information content (AvgIpc) is 2.39. The third kappa shape index (κ3) is 3.09. The summed E-state index contributed by atoms with van der Waals surface area (Å²) in [6.45, 7) is 1.66. The quantitative estimate of drug-likeness (QED) is 0.811. The molecule has 0 amide bonds. The van der Waals surface area contributed by atoms with Crippen molar-refractivity contribution in [2.45, 2.75) is 11.8 Å². The number of halogens is 1. The van der Waals surface area contributed by atoms with Crippen molar-refractivity contribution < 1.29 is 12.6 Å². The highest BCUT2D eigenvalue weighted by Gasteiger charge is 2.20. The van der Waals surface area contributed by atoms with Gasteiger partial charge in [0.25, 0.3) is 10.1 Å². The average molecular weight is 299 g/mol. The van der Waals surface area contributed by atoms with Gasteiger partial charge >= 0.3 is 0 Å². The van der Waals surface area contributed by atoms with Crippen molar-refractivity contribution in [3.8, 4) is 11.1 Å². The Morgan fingerprint density at radius 1 is 1.26 bits per heavy atom. The lowest BCUT2D eigenvalue weighted by Crippen LogP contribution is -2.07. The maximum absolute atomic E-state index is 12.1. The first-order chi connectivity index (χ1) is 9.04. The Bertz CT molecular complexity index is 675. The van der Waals surface area contributed by atoms with Crippen LogP contribution in [0.2, 0.25) is 5.02 Å². The fraction of sp³-hybridized carbons (Fsp3) is 0.167. The molecule has 5 nitrogen and oxygen atoms in total. The van der Waals surface area contributed by atoms with Crippen LogP contribution in [-0.4, -0.2) is 25.0 Å². The fourth-order valence-electron chi connectivity index (χ4n) is 1.60. The Hall–Kier alpha value is -1.50. The summed E-state index contributed by atoms with van der Waals surface area (Å²) in [5.74, 6) is 0. The monoisotopic (exact) mass is 298 g/mol. The van der Waals surface area contributed by atoms with Gasteiger partial charge in [-0.25, -0.2) is 9.97 Å². The van der Waals surface area contributed by atoms with E-state index in [9.17, 15) is 8.42 Å². The van der Waals surface area contributed by atoms with Gasteiger partial charge in [-0.2, -0.15) is 8.42 Å². The van der Waals surface area contributed by atoms with Crippen LogP contribution >= 0.6 is 11.6 Å². The largest absolute Gasteiger partial charge is 0.297 e. The summed E-state index contributed by atoms with van der Waals surface area (Å²) in [5.41, 5.74) is 1.04. The Kier molecular flexibility index (Phi) is 4.14. The maximum Gasteiger partial charge on any atom is 0.297 e. The molecule has 2 rings (SSSR count). The molecule has 1 aromatic heterocycles. The van der Waals surface area contributed by atoms with Crippen LogP contribution in [0.15, 0.2) is 41.8 Å². The number of benzene rings is 1. The summed E-state index contributed by atoms with van der Waals surface area (Å²) in [5, 5.41) is 0.318. The zero-order chi connectivity index (χ0) is 13.9. The third-order valence-corrected chi connectivity index (χ3v) is 4.02. The lowest BCUT2D eigenvalue weighted by Gasteiger charge is -2.10. The van der Waals surface area contributed by atoms with Crippen molar-refractivity contribution in [3.63, 3.8) is 0 Å². The summed E-state index contributed by atoms with van der Waals surface area (Å²) < 4.78 is 28.9. The van der Waals surface area contributed by atoms with E-state index in [1.807, 2.05) is 0 Å². The predicted octanol–water partition coefficient (Wildman–Crippen LogP) is 2.52. The van der Waals surface area contributed by atoms with Crippen molar-refractivity contribution in [3.05, 3.63) is 41.9 Å². The van der Waals surface area contributed by atoms with Gasteiger partial charge in [0.15, 0.2) is 0 Å². The molecule has 100 valence electrons. The fourth-order valence-corrected chi connectivity index (χ4v) is 3.00. The summed E-state index contributed by atoms with van der Waals surface area (Å²) in [6, 6.07) is 4.57. The lowest BCUT2D eigenvalue weighted by atomic mass is 10.1. The SMILES string of the molecule is CCOS(=O)(=O)c1cc(Cl)ccc1-c1cncnc1. The second-order valence-corrected chi connectivity index (χ2v) is 5.65. The van der Waals surface area contributed by atoms with Crippen LogP contribution in [0.3, 0.4) is 0 Å². The van der Waals surface area contributed by atoms with Crippen molar-refractivity contribution in [2.24, 2.45) is 0 Å². The molecule has 0 saturated heterocycles. The third-order valence-electron chi connectivity index (χ3n) is 2.36. The molecule has 0 unspecified atom stereocenters. The van der Waals surface area contributed by atoms with Gasteiger partial charge in [-0.05, 0) is 19.1 Å². The molecule has 19 heavy (non-hydrogen) atoms. The first kappa shape index (κ1) is 13.9. The number of hydrogen-bond donors (Lipinski definition) is 0. The molecule has 0 radical (unpaired) electrons. The van der Waals surface area contributed by atoms with Gasteiger partial charge in [-0.15, -0.1) is 0 Å². The van der Waals surface area contributed by atoms with Crippen molar-refractivity contribution in [2.75, 3.05) is 6.61 Å². The molecule has 0 fully saturated rings. The molecule has 0 aliphatic rings. The van der Waals surface area contributed by atoms with Crippen molar-refractivity contribution >= 4 is 21.7 Å². The van der Waals surface area contributed by atoms with E-state index in [0.717, 1.165) is 0 Å². The van der Waals surface area contributed by atoms with Gasteiger partial charge in [0.1, 0.15) is 11.2 Å². The standard InChI is InChI=1S/C12H11ClN2O3S/c1-2-18-19(16,17)12-5-10(13)3-4-11(12)9-6-14-8-15-7-9/h3-8H,2H2,1H3. The minimum atomic E-state index is -3.85. The van der Waals surface area contributed by atoms with E-state index in [4.69, 9.17) is 15.8 Å². The number of aromatic nitrogens is 2. The van der Waals surface area contributed by atoms with Crippen LogP contribution in [0.1, 0.15) is 6.92 Å². The first-order valence-electron chi connectivity index (χ1n) is 5.49. The second-order valence-electron chi connectivity index (χ2n) is 3.63. The summed E-state index contributed by atoms with van der Waals surface area (Å²) in [6.07, 6.45) is 4.43. The van der Waals surface area contributed by atoms with Crippen LogP contribution in [0.4, 0.5) is 0 Å². The van der Waals surface area contributed by atoms with Gasteiger partial charge in [0.05, 0.1) is 6.61 Å². The van der Waals surface area contributed by atoms with Crippen LogP contribution in [0.25, 0.3) is 11.1 Å². The van der Waals surface area contributed by atoms with E-state index in [1.54, 1.807) is 19.1 Å². The first-order valence-corrected chi connectivity index (χ1v) is 7.27. The van der Waals surface area contributed by atoms with Crippen LogP contribution < -0.4 is 0 Å². The zero-order valence-electron chi connectivity index (χ0n) is 10.1. The zero-order valence-corrected chi connectivity index (χ0v) is 11.6. The minimum Gasteiger partial charge on any atom is -0.267 e. The molecular formula is C12H11ClN2O3S. The van der Waals surface area contributed by atoms with E-state index in [2.05, 4.69) is 9.97 Å². The van der Waals surface area contributed by atoms with Crippen molar-refractivity contribution in [1.29, 1.82) is 0 Å². The summed E-state index contributed by atoms with van der Waals surface area (Å²) in [7, 11) is -3.85. The van der Waals surface area contributed by atoms with E-state index < -0.39 is 10.1 Å². The van der Waals surface area contributed by atoms with E-state index in [-0.39, 0.29) is 11.5 Å². The second kappa shape index (κ2) is 5.64. The molecule has 0 aliphatic heterocycles. The molecule has 0 spiro atoms. The van der Waals surface area contributed by atoms with Gasteiger partial charge in [-0.1, -0.05) is 17.7 Å². The normalized spacial score (nSPS) is 11.5. The topological polar surface area (TPSA) is 69.2 Å². The van der Waals surface area contributed by atoms with Gasteiger partial charge in [-0.3, -0.25) is 4.18 Å². The van der Waals surface area contributed by atoms with Gasteiger partial charge < -0.3 is 0 Å². The van der Waals surface area contributed by atoms with E-state index in [0.29, 0.717) is 16.1 Å². The number of rotatable bonds is 4. The molecule has 0 N–H and O–H groups in total. The minimum absolute atomic E-state index is 0.0108. The molecule has 0 saturated carbocycles. The smallest absolute Gasteiger partial charge is 0.267 e. The summed E-state index contributed by atoms with van der Waals surface area (Å²) >= 11 is 5.86.